The molecule has 0 aliphatic carbocycles. The van der Waals surface area contributed by atoms with E-state index in [4.69, 9.17) is 5.73 Å². The molecule has 3 heterocycles. The van der Waals surface area contributed by atoms with Crippen molar-refractivity contribution in [2.24, 2.45) is 15.7 Å². The third-order valence-electron chi connectivity index (χ3n) is 5.80. The minimum Gasteiger partial charge on any atom is -0.390 e. The van der Waals surface area contributed by atoms with E-state index in [-0.39, 0.29) is 8.90 Å². The maximum atomic E-state index is 5.21. The summed E-state index contributed by atoms with van der Waals surface area (Å²) in [5.41, 5.74) is 10.4. The van der Waals surface area contributed by atoms with Gasteiger partial charge in [-0.2, -0.15) is 0 Å². The highest BCUT2D eigenvalue weighted by Gasteiger charge is 2.17. The van der Waals surface area contributed by atoms with Crippen LogP contribution in [0.15, 0.2) is 107 Å². The monoisotopic (exact) mass is 528 g/mol. The van der Waals surface area contributed by atoms with E-state index in [0.29, 0.717) is 0 Å². The lowest BCUT2D eigenvalue weighted by Gasteiger charge is -2.12. The van der Waals surface area contributed by atoms with E-state index < -0.39 is 0 Å². The molecule has 0 amide bonds. The predicted octanol–water partition coefficient (Wildman–Crippen LogP) is 8.42. The number of aryl methyl sites for hydroxylation is 2. The normalized spacial score (nSPS) is 14.6. The van der Waals surface area contributed by atoms with Gasteiger partial charge in [0.25, 0.3) is 0 Å². The van der Waals surface area contributed by atoms with E-state index in [1.165, 1.54) is 48.1 Å². The minimum absolute atomic E-state index is 0. The molecule has 0 fully saturated rings. The summed E-state index contributed by atoms with van der Waals surface area (Å²) < 4.78 is 0. The van der Waals surface area contributed by atoms with Gasteiger partial charge in [0.2, 0.25) is 0 Å². The molecule has 2 aromatic heterocycles. The number of benzene rings is 2. The number of rotatable bonds is 7. The molecule has 0 saturated carbocycles. The number of nitrogens with zero attached hydrogens (tertiary/aromatic N) is 2. The second kappa shape index (κ2) is 13.5. The van der Waals surface area contributed by atoms with Crippen molar-refractivity contribution in [3.8, 4) is 22.3 Å². The van der Waals surface area contributed by atoms with Crippen LogP contribution in [0.2, 0.25) is 0 Å². The number of hydrogen-bond acceptors (Lipinski definition) is 5. The zero-order valence-corrected chi connectivity index (χ0v) is 22.8. The van der Waals surface area contributed by atoms with Gasteiger partial charge < -0.3 is 11.1 Å². The highest BCUT2D eigenvalue weighted by Crippen LogP contribution is 2.38. The molecule has 5 rings (SSSR count). The van der Waals surface area contributed by atoms with E-state index in [9.17, 15) is 0 Å². The Morgan fingerprint density at radius 2 is 1.70 bits per heavy atom. The van der Waals surface area contributed by atoms with Crippen LogP contribution in [-0.2, 0) is 12.8 Å². The van der Waals surface area contributed by atoms with Gasteiger partial charge in [-0.3, -0.25) is 4.99 Å². The van der Waals surface area contributed by atoms with Crippen LogP contribution in [0.4, 0.5) is 0 Å². The summed E-state index contributed by atoms with van der Waals surface area (Å²) >= 11 is 3.70. The van der Waals surface area contributed by atoms with Crippen molar-refractivity contribution >= 4 is 35.4 Å². The van der Waals surface area contributed by atoms with Crippen LogP contribution in [0.5, 0.6) is 0 Å². The summed E-state index contributed by atoms with van der Waals surface area (Å²) in [6.07, 6.45) is 12.9. The van der Waals surface area contributed by atoms with Gasteiger partial charge in [0, 0.05) is 41.2 Å². The van der Waals surface area contributed by atoms with E-state index in [2.05, 4.69) is 95.9 Å². The van der Waals surface area contributed by atoms with Crippen molar-refractivity contribution < 1.29 is 2.85 Å². The molecule has 0 bridgehead atoms. The lowest BCUT2D eigenvalue weighted by Crippen LogP contribution is -2.08. The molecule has 2 aromatic carbocycles. The molecule has 4 nitrogen and oxygen atoms in total. The molecule has 3 N–H and O–H groups in total. The fourth-order valence-corrected chi connectivity index (χ4v) is 6.23. The molecule has 37 heavy (non-hydrogen) atoms. The maximum Gasteiger partial charge on any atom is 0.106 e. The largest absolute Gasteiger partial charge is 0.390 e. The first-order valence-corrected chi connectivity index (χ1v) is 14.0. The van der Waals surface area contributed by atoms with Crippen molar-refractivity contribution in [3.05, 3.63) is 117 Å². The second-order valence-electron chi connectivity index (χ2n) is 8.41. The SMILES string of the molecule is CCc1cc(-c2ccccc2)c(C/C=C\N=CN)s1.Cc1cc(-c2ccccc2)c(C2C=CNC=N2)s1.[HH].[HH]. The molecular formula is C31H36N4S2. The van der Waals surface area contributed by atoms with Crippen LogP contribution >= 0.6 is 22.7 Å². The molecule has 6 heteroatoms. The van der Waals surface area contributed by atoms with Crippen molar-refractivity contribution in [2.75, 3.05) is 0 Å². The predicted molar refractivity (Wildman–Crippen MR) is 167 cm³/mol. The number of allylic oxidation sites excluding steroid dienone is 1. The van der Waals surface area contributed by atoms with E-state index in [1.807, 2.05) is 47.1 Å². The first kappa shape index (κ1) is 26.3. The van der Waals surface area contributed by atoms with E-state index in [0.717, 1.165) is 12.8 Å². The number of thiophene rings is 2. The van der Waals surface area contributed by atoms with Gasteiger partial charge in [-0.05, 0) is 53.8 Å². The minimum atomic E-state index is 0. The highest BCUT2D eigenvalue weighted by atomic mass is 32.1. The number of nitrogens with one attached hydrogen (secondary N) is 1. The summed E-state index contributed by atoms with van der Waals surface area (Å²) in [6, 6.07) is 25.7. The van der Waals surface area contributed by atoms with E-state index in [1.54, 1.807) is 12.5 Å². The molecular weight excluding hydrogens is 493 g/mol. The Labute approximate surface area is 230 Å². The van der Waals surface area contributed by atoms with Gasteiger partial charge in [0.05, 0.1) is 12.7 Å². The molecule has 1 unspecified atom stereocenters. The number of hydrogen-bond donors (Lipinski definition) is 2. The van der Waals surface area contributed by atoms with Gasteiger partial charge in [-0.15, -0.1) is 22.7 Å². The lowest BCUT2D eigenvalue weighted by molar-refractivity contribution is 0.906. The molecule has 0 saturated heterocycles. The third-order valence-corrected chi connectivity index (χ3v) is 8.22. The molecule has 1 atom stereocenters. The van der Waals surface area contributed by atoms with Crippen LogP contribution in [0.1, 0.15) is 35.3 Å². The molecule has 0 radical (unpaired) electrons. The Balaban J connectivity index is 0.000000260. The van der Waals surface area contributed by atoms with Crippen molar-refractivity contribution in [3.63, 3.8) is 0 Å². The zero-order valence-electron chi connectivity index (χ0n) is 21.2. The maximum absolute atomic E-state index is 5.21. The molecule has 1 aliphatic heterocycles. The Kier molecular flexibility index (Phi) is 9.63. The summed E-state index contributed by atoms with van der Waals surface area (Å²) in [5, 5.41) is 2.98. The summed E-state index contributed by atoms with van der Waals surface area (Å²) in [6.45, 7) is 4.34. The average Bonchev–Trinajstić information content (AvgIpc) is 3.56. The topological polar surface area (TPSA) is 62.8 Å². The van der Waals surface area contributed by atoms with Crippen molar-refractivity contribution in [2.45, 2.75) is 32.7 Å². The molecule has 4 aromatic rings. The zero-order chi connectivity index (χ0) is 25.9. The van der Waals surface area contributed by atoms with Gasteiger partial charge in [0.1, 0.15) is 6.04 Å². The standard InChI is InChI=1S/C16H18N2S.C15H14N2S.2H2/c1-2-14-11-15(13-7-4-3-5-8-13)16(19-14)9-6-10-18-12-17;1-11-9-13(12-5-3-2-4-6-12)15(18-11)14-7-8-16-10-17-14;;/h3-8,10-12H,2,9H2,1H3,(H2,17,18);2-10,14H,1H3,(H,16,17);2*1H/b10-6-;;;. The lowest BCUT2D eigenvalue weighted by atomic mass is 10.0. The van der Waals surface area contributed by atoms with Gasteiger partial charge >= 0.3 is 0 Å². The molecule has 1 aliphatic rings. The van der Waals surface area contributed by atoms with Gasteiger partial charge in [0.15, 0.2) is 0 Å². The first-order valence-electron chi connectivity index (χ1n) is 12.3. The quantitative estimate of drug-likeness (QED) is 0.187. The van der Waals surface area contributed by atoms with Crippen LogP contribution < -0.4 is 11.1 Å². The van der Waals surface area contributed by atoms with Gasteiger partial charge in [-0.1, -0.05) is 73.7 Å². The highest BCUT2D eigenvalue weighted by molar-refractivity contribution is 7.12. The second-order valence-corrected chi connectivity index (χ2v) is 10.9. The summed E-state index contributed by atoms with van der Waals surface area (Å²) in [5.74, 6) is 0. The number of aliphatic imine (C=N–C) groups is 2. The Morgan fingerprint density at radius 1 is 1.00 bits per heavy atom. The Hall–Kier alpha value is -3.74. The summed E-state index contributed by atoms with van der Waals surface area (Å²) in [7, 11) is 0. The smallest absolute Gasteiger partial charge is 0.106 e. The van der Waals surface area contributed by atoms with Gasteiger partial charge in [-0.25, -0.2) is 4.99 Å². The number of nitrogens with two attached hydrogens (primary N) is 1. The van der Waals surface area contributed by atoms with Crippen molar-refractivity contribution in [1.82, 2.24) is 5.32 Å². The Bertz CT molecular complexity index is 1380. The molecule has 0 spiro atoms. The third kappa shape index (κ3) is 7.15. The van der Waals surface area contributed by atoms with Crippen molar-refractivity contribution in [1.29, 1.82) is 0 Å². The van der Waals surface area contributed by atoms with Crippen LogP contribution in [0.3, 0.4) is 0 Å². The van der Waals surface area contributed by atoms with Crippen LogP contribution in [0.25, 0.3) is 22.3 Å². The average molecular weight is 529 g/mol. The summed E-state index contributed by atoms with van der Waals surface area (Å²) in [4.78, 5) is 13.8. The molecule has 192 valence electrons. The first-order chi connectivity index (χ1) is 18.2. The fraction of sp³-hybridized carbons (Fsp3) is 0.161. The fourth-order valence-electron chi connectivity index (χ4n) is 4.06. The van der Waals surface area contributed by atoms with Crippen LogP contribution in [-0.4, -0.2) is 12.7 Å². The van der Waals surface area contributed by atoms with Crippen LogP contribution in [0, 0.1) is 6.92 Å². The Morgan fingerprint density at radius 3 is 2.32 bits per heavy atom. The van der Waals surface area contributed by atoms with E-state index >= 15 is 0 Å².